The van der Waals surface area contributed by atoms with Crippen molar-refractivity contribution < 1.29 is 24.2 Å². The van der Waals surface area contributed by atoms with Gasteiger partial charge in [0.25, 0.3) is 5.91 Å². The van der Waals surface area contributed by atoms with Crippen LogP contribution in [0.4, 0.5) is 0 Å². The zero-order valence-corrected chi connectivity index (χ0v) is 19.6. The van der Waals surface area contributed by atoms with Gasteiger partial charge in [-0.15, -0.1) is 0 Å². The van der Waals surface area contributed by atoms with E-state index in [1.807, 2.05) is 44.2 Å². The number of hydrogen-bond acceptors (Lipinski definition) is 5. The number of hydrogen-bond donors (Lipinski definition) is 4. The molecule has 2 aromatic rings. The predicted molar refractivity (Wildman–Crippen MR) is 126 cm³/mol. The Balaban J connectivity index is 2.25. The summed E-state index contributed by atoms with van der Waals surface area (Å²) in [6, 6.07) is 11.3. The summed E-state index contributed by atoms with van der Waals surface area (Å²) < 4.78 is 5.77. The lowest BCUT2D eigenvalue weighted by atomic mass is 10.0. The highest BCUT2D eigenvalue weighted by molar-refractivity contribution is 6.30. The van der Waals surface area contributed by atoms with Crippen LogP contribution in [0.25, 0.3) is 0 Å². The van der Waals surface area contributed by atoms with Crippen molar-refractivity contribution in [1.82, 2.24) is 10.6 Å². The standard InChI is InChI=1S/C24H30ClN3O5/c1-14(2)19(26)13-33-21-12-17(25)9-10-18(21)22(29)28-20(11-16-7-5-4-6-8-16)23(30)27-15(3)24(31)32/h4-10,12,14-15,19-20H,11,13,26H2,1-3H3,(H,27,30)(H,28,29)(H,31,32)/t15-,19-,20-/m0/s1. The van der Waals surface area contributed by atoms with Crippen LogP contribution in [0.15, 0.2) is 48.5 Å². The fraction of sp³-hybridized carbons (Fsp3) is 0.375. The monoisotopic (exact) mass is 475 g/mol. The van der Waals surface area contributed by atoms with E-state index in [1.54, 1.807) is 6.07 Å². The van der Waals surface area contributed by atoms with E-state index >= 15 is 0 Å². The summed E-state index contributed by atoms with van der Waals surface area (Å²) >= 11 is 6.09. The average Bonchev–Trinajstić information content (AvgIpc) is 2.77. The van der Waals surface area contributed by atoms with E-state index in [9.17, 15) is 14.4 Å². The largest absolute Gasteiger partial charge is 0.491 e. The molecule has 2 rings (SSSR count). The number of benzene rings is 2. The fourth-order valence-electron chi connectivity index (χ4n) is 2.85. The van der Waals surface area contributed by atoms with Gasteiger partial charge in [-0.05, 0) is 36.6 Å². The lowest BCUT2D eigenvalue weighted by Crippen LogP contribution is -2.51. The third-order valence-corrected chi connectivity index (χ3v) is 5.34. The third-order valence-electron chi connectivity index (χ3n) is 5.11. The Bertz CT molecular complexity index is 968. The molecular formula is C24H30ClN3O5. The van der Waals surface area contributed by atoms with Gasteiger partial charge in [-0.1, -0.05) is 55.8 Å². The first-order chi connectivity index (χ1) is 15.6. The van der Waals surface area contributed by atoms with E-state index in [4.69, 9.17) is 27.2 Å². The maximum Gasteiger partial charge on any atom is 0.325 e. The van der Waals surface area contributed by atoms with Crippen LogP contribution in [0, 0.1) is 5.92 Å². The Labute approximate surface area is 198 Å². The summed E-state index contributed by atoms with van der Waals surface area (Å²) in [6.07, 6.45) is 0.173. The molecule has 0 bridgehead atoms. The molecule has 0 aliphatic carbocycles. The number of nitrogens with one attached hydrogen (secondary N) is 2. The quantitative estimate of drug-likeness (QED) is 0.395. The number of aliphatic carboxylic acids is 1. The molecular weight excluding hydrogens is 446 g/mol. The Kier molecular flexibility index (Phi) is 9.69. The van der Waals surface area contributed by atoms with Gasteiger partial charge in [0.2, 0.25) is 5.91 Å². The average molecular weight is 476 g/mol. The summed E-state index contributed by atoms with van der Waals surface area (Å²) in [6.45, 7) is 5.46. The summed E-state index contributed by atoms with van der Waals surface area (Å²) in [5, 5.41) is 14.6. The van der Waals surface area contributed by atoms with Crippen molar-refractivity contribution in [2.24, 2.45) is 11.7 Å². The summed E-state index contributed by atoms with van der Waals surface area (Å²) in [5.41, 5.74) is 7.04. The lowest BCUT2D eigenvalue weighted by Gasteiger charge is -2.22. The number of carboxylic acid groups (broad SMARTS) is 1. The molecule has 9 heteroatoms. The molecule has 8 nitrogen and oxygen atoms in total. The van der Waals surface area contributed by atoms with Crippen LogP contribution in [0.5, 0.6) is 5.75 Å². The van der Waals surface area contributed by atoms with Crippen LogP contribution in [-0.2, 0) is 16.0 Å². The van der Waals surface area contributed by atoms with E-state index < -0.39 is 29.9 Å². The van der Waals surface area contributed by atoms with Crippen molar-refractivity contribution in [3.63, 3.8) is 0 Å². The van der Waals surface area contributed by atoms with Gasteiger partial charge in [-0.25, -0.2) is 0 Å². The molecule has 0 aliphatic rings. The number of rotatable bonds is 11. The third kappa shape index (κ3) is 8.07. The summed E-state index contributed by atoms with van der Waals surface area (Å²) in [5.74, 6) is -1.92. The molecule has 0 radical (unpaired) electrons. The van der Waals surface area contributed by atoms with Crippen molar-refractivity contribution >= 4 is 29.4 Å². The molecule has 0 heterocycles. The topological polar surface area (TPSA) is 131 Å². The normalized spacial score (nSPS) is 13.6. The van der Waals surface area contributed by atoms with Gasteiger partial charge < -0.3 is 26.2 Å². The molecule has 2 amide bonds. The highest BCUT2D eigenvalue weighted by atomic mass is 35.5. The van der Waals surface area contributed by atoms with Crippen LogP contribution in [0.2, 0.25) is 5.02 Å². The first kappa shape index (κ1) is 26.2. The van der Waals surface area contributed by atoms with Gasteiger partial charge in [0, 0.05) is 17.5 Å². The molecule has 178 valence electrons. The second kappa shape index (κ2) is 12.2. The second-order valence-electron chi connectivity index (χ2n) is 8.14. The van der Waals surface area contributed by atoms with Gasteiger partial charge in [0.1, 0.15) is 24.4 Å². The van der Waals surface area contributed by atoms with Gasteiger partial charge in [-0.3, -0.25) is 14.4 Å². The predicted octanol–water partition coefficient (Wildman–Crippen LogP) is 2.63. The molecule has 0 unspecified atom stereocenters. The zero-order chi connectivity index (χ0) is 24.5. The zero-order valence-electron chi connectivity index (χ0n) is 18.9. The molecule has 0 saturated heterocycles. The first-order valence-corrected chi connectivity index (χ1v) is 11.0. The number of carbonyl (C=O) groups excluding carboxylic acids is 2. The number of amides is 2. The van der Waals surface area contributed by atoms with Crippen molar-refractivity contribution in [1.29, 1.82) is 0 Å². The maximum atomic E-state index is 13.1. The minimum Gasteiger partial charge on any atom is -0.491 e. The molecule has 0 saturated carbocycles. The Morgan fingerprint density at radius 2 is 1.73 bits per heavy atom. The molecule has 33 heavy (non-hydrogen) atoms. The number of carboxylic acids is 1. The summed E-state index contributed by atoms with van der Waals surface area (Å²) in [7, 11) is 0. The minimum absolute atomic E-state index is 0.173. The lowest BCUT2D eigenvalue weighted by molar-refractivity contribution is -0.141. The highest BCUT2D eigenvalue weighted by Crippen LogP contribution is 2.24. The van der Waals surface area contributed by atoms with Crippen LogP contribution in [-0.4, -0.2) is 47.6 Å². The SMILES string of the molecule is CC(C)[C@@H](N)COc1cc(Cl)ccc1C(=O)N[C@@H](Cc1ccccc1)C(=O)N[C@@H](C)C(=O)O. The maximum absolute atomic E-state index is 13.1. The van der Waals surface area contributed by atoms with E-state index in [2.05, 4.69) is 10.6 Å². The Morgan fingerprint density at radius 3 is 2.33 bits per heavy atom. The summed E-state index contributed by atoms with van der Waals surface area (Å²) in [4.78, 5) is 37.1. The highest BCUT2D eigenvalue weighted by Gasteiger charge is 2.26. The smallest absolute Gasteiger partial charge is 0.325 e. The molecule has 0 aromatic heterocycles. The van der Waals surface area contributed by atoms with E-state index in [0.29, 0.717) is 5.02 Å². The number of halogens is 1. The molecule has 0 fully saturated rings. The number of nitrogens with two attached hydrogens (primary N) is 1. The van der Waals surface area contributed by atoms with Gasteiger partial charge in [0.05, 0.1) is 5.56 Å². The van der Waals surface area contributed by atoms with Crippen LogP contribution < -0.4 is 21.1 Å². The molecule has 3 atom stereocenters. The van der Waals surface area contributed by atoms with Crippen LogP contribution >= 0.6 is 11.6 Å². The molecule has 2 aromatic carbocycles. The van der Waals surface area contributed by atoms with Gasteiger partial charge >= 0.3 is 5.97 Å². The van der Waals surface area contributed by atoms with E-state index in [0.717, 1.165) is 5.56 Å². The number of carbonyl (C=O) groups is 3. The van der Waals surface area contributed by atoms with Crippen LogP contribution in [0.3, 0.4) is 0 Å². The van der Waals surface area contributed by atoms with Crippen LogP contribution in [0.1, 0.15) is 36.7 Å². The Hall–Kier alpha value is -3.10. The van der Waals surface area contributed by atoms with E-state index in [1.165, 1.54) is 19.1 Å². The van der Waals surface area contributed by atoms with Gasteiger partial charge in [-0.2, -0.15) is 0 Å². The second-order valence-corrected chi connectivity index (χ2v) is 8.58. The van der Waals surface area contributed by atoms with E-state index in [-0.39, 0.29) is 36.3 Å². The fourth-order valence-corrected chi connectivity index (χ4v) is 3.01. The first-order valence-electron chi connectivity index (χ1n) is 10.6. The molecule has 5 N–H and O–H groups in total. The molecule has 0 aliphatic heterocycles. The Morgan fingerprint density at radius 1 is 1.06 bits per heavy atom. The molecule has 0 spiro atoms. The minimum atomic E-state index is -1.18. The van der Waals surface area contributed by atoms with Crippen molar-refractivity contribution in [3.8, 4) is 5.75 Å². The van der Waals surface area contributed by atoms with Gasteiger partial charge in [0.15, 0.2) is 0 Å². The van der Waals surface area contributed by atoms with Crippen molar-refractivity contribution in [2.75, 3.05) is 6.61 Å². The van der Waals surface area contributed by atoms with Crippen molar-refractivity contribution in [3.05, 3.63) is 64.7 Å². The number of ether oxygens (including phenoxy) is 1. The van der Waals surface area contributed by atoms with Crippen molar-refractivity contribution in [2.45, 2.75) is 45.3 Å².